The molecule has 1 nitrogen and oxygen atoms in total. The molecule has 11 heavy (non-hydrogen) atoms. The Morgan fingerprint density at radius 1 is 1.55 bits per heavy atom. The van der Waals surface area contributed by atoms with Crippen LogP contribution in [0.4, 0.5) is 0 Å². The Bertz CT molecular complexity index is 120. The summed E-state index contributed by atoms with van der Waals surface area (Å²) in [5.41, 5.74) is 0. The van der Waals surface area contributed by atoms with E-state index in [2.05, 4.69) is 24.9 Å². The van der Waals surface area contributed by atoms with E-state index in [1.54, 1.807) is 0 Å². The third-order valence-electron chi connectivity index (χ3n) is 2.76. The van der Waals surface area contributed by atoms with Gasteiger partial charge in [-0.1, -0.05) is 19.4 Å². The lowest BCUT2D eigenvalue weighted by Gasteiger charge is -2.30. The van der Waals surface area contributed by atoms with Crippen LogP contribution < -0.4 is 5.32 Å². The zero-order valence-electron chi connectivity index (χ0n) is 7.47. The Kier molecular flexibility index (Phi) is 3.64. The van der Waals surface area contributed by atoms with Crippen molar-refractivity contribution in [3.63, 3.8) is 0 Å². The first kappa shape index (κ1) is 8.79. The van der Waals surface area contributed by atoms with Crippen LogP contribution in [-0.4, -0.2) is 13.1 Å². The van der Waals surface area contributed by atoms with Gasteiger partial charge >= 0.3 is 0 Å². The van der Waals surface area contributed by atoms with Gasteiger partial charge in [-0.3, -0.25) is 0 Å². The molecule has 1 heterocycles. The van der Waals surface area contributed by atoms with Gasteiger partial charge in [0.15, 0.2) is 0 Å². The molecule has 1 saturated heterocycles. The predicted octanol–water partition coefficient (Wildman–Crippen LogP) is 2.20. The predicted molar refractivity (Wildman–Crippen MR) is 49.6 cm³/mol. The molecular weight excluding hydrogens is 134 g/mol. The maximum absolute atomic E-state index is 3.80. The summed E-state index contributed by atoms with van der Waals surface area (Å²) in [5, 5.41) is 3.44. The summed E-state index contributed by atoms with van der Waals surface area (Å²) in [6.45, 7) is 8.51. The van der Waals surface area contributed by atoms with Gasteiger partial charge in [-0.2, -0.15) is 0 Å². The van der Waals surface area contributed by atoms with E-state index in [0.717, 1.165) is 11.8 Å². The molecule has 1 aliphatic heterocycles. The van der Waals surface area contributed by atoms with Crippen LogP contribution in [0.25, 0.3) is 0 Å². The number of nitrogens with one attached hydrogen (secondary N) is 1. The fourth-order valence-corrected chi connectivity index (χ4v) is 2.00. The highest BCUT2D eigenvalue weighted by Gasteiger charge is 2.21. The molecule has 0 aromatic rings. The lowest BCUT2D eigenvalue weighted by Crippen LogP contribution is -2.36. The van der Waals surface area contributed by atoms with Crippen LogP contribution in [0.15, 0.2) is 12.7 Å². The van der Waals surface area contributed by atoms with Crippen LogP contribution in [0.1, 0.15) is 26.2 Å². The maximum Gasteiger partial charge on any atom is -0.00149 e. The van der Waals surface area contributed by atoms with Crippen molar-refractivity contribution in [2.45, 2.75) is 26.2 Å². The van der Waals surface area contributed by atoms with Crippen LogP contribution >= 0.6 is 0 Å². The van der Waals surface area contributed by atoms with Crippen molar-refractivity contribution in [1.29, 1.82) is 0 Å². The van der Waals surface area contributed by atoms with Crippen LogP contribution in [0.5, 0.6) is 0 Å². The summed E-state index contributed by atoms with van der Waals surface area (Å²) in [6.07, 6.45) is 5.93. The van der Waals surface area contributed by atoms with E-state index < -0.39 is 0 Å². The Labute approximate surface area is 69.9 Å². The van der Waals surface area contributed by atoms with E-state index in [4.69, 9.17) is 0 Å². The second-order valence-electron chi connectivity index (χ2n) is 3.45. The van der Waals surface area contributed by atoms with Gasteiger partial charge < -0.3 is 5.32 Å². The van der Waals surface area contributed by atoms with Crippen molar-refractivity contribution in [1.82, 2.24) is 5.32 Å². The third kappa shape index (κ3) is 2.33. The molecule has 0 aliphatic carbocycles. The second-order valence-corrected chi connectivity index (χ2v) is 3.45. The van der Waals surface area contributed by atoms with Crippen molar-refractivity contribution in [2.24, 2.45) is 11.8 Å². The van der Waals surface area contributed by atoms with Crippen molar-refractivity contribution >= 4 is 0 Å². The molecule has 0 amide bonds. The molecule has 0 radical (unpaired) electrons. The molecule has 2 atom stereocenters. The summed E-state index contributed by atoms with van der Waals surface area (Å²) < 4.78 is 0. The Morgan fingerprint density at radius 3 is 3.00 bits per heavy atom. The number of piperidine rings is 1. The van der Waals surface area contributed by atoms with Crippen molar-refractivity contribution in [2.75, 3.05) is 13.1 Å². The molecule has 0 spiro atoms. The monoisotopic (exact) mass is 153 g/mol. The van der Waals surface area contributed by atoms with Gasteiger partial charge in [0.25, 0.3) is 0 Å². The van der Waals surface area contributed by atoms with Crippen LogP contribution in [0.3, 0.4) is 0 Å². The maximum atomic E-state index is 3.80. The molecular formula is C10H19N. The summed E-state index contributed by atoms with van der Waals surface area (Å²) in [7, 11) is 0. The van der Waals surface area contributed by atoms with E-state index in [-0.39, 0.29) is 0 Å². The third-order valence-corrected chi connectivity index (χ3v) is 2.76. The zero-order chi connectivity index (χ0) is 8.10. The van der Waals surface area contributed by atoms with E-state index in [1.165, 1.54) is 32.4 Å². The number of hydrogen-bond donors (Lipinski definition) is 1. The summed E-state index contributed by atoms with van der Waals surface area (Å²) in [4.78, 5) is 0. The highest BCUT2D eigenvalue weighted by molar-refractivity contribution is 4.82. The minimum Gasteiger partial charge on any atom is -0.316 e. The minimum atomic E-state index is 0.853. The minimum absolute atomic E-state index is 0.853. The molecule has 0 bridgehead atoms. The van der Waals surface area contributed by atoms with Gasteiger partial charge in [0.05, 0.1) is 0 Å². The zero-order valence-corrected chi connectivity index (χ0v) is 7.47. The van der Waals surface area contributed by atoms with Gasteiger partial charge in [-0.05, 0) is 37.8 Å². The topological polar surface area (TPSA) is 12.0 Å². The number of allylic oxidation sites excluding steroid dienone is 1. The number of rotatable bonds is 3. The average Bonchev–Trinajstić information content (AvgIpc) is 2.06. The normalized spacial score (nSPS) is 31.7. The molecule has 1 heteroatoms. The first-order valence-corrected chi connectivity index (χ1v) is 4.70. The van der Waals surface area contributed by atoms with Crippen molar-refractivity contribution in [3.05, 3.63) is 12.7 Å². The molecule has 0 aromatic heterocycles. The smallest absolute Gasteiger partial charge is 0.00149 e. The number of hydrogen-bond acceptors (Lipinski definition) is 1. The Balaban J connectivity index is 2.37. The quantitative estimate of drug-likeness (QED) is 0.613. The average molecular weight is 153 g/mol. The first-order chi connectivity index (χ1) is 5.38. The van der Waals surface area contributed by atoms with Crippen LogP contribution in [-0.2, 0) is 0 Å². The standard InChI is InChI=1S/C10H19N/c1-3-5-10-8-11-7-6-9(10)4-2/h3,9-11H,1,4-8H2,2H3. The van der Waals surface area contributed by atoms with Crippen LogP contribution in [0.2, 0.25) is 0 Å². The second kappa shape index (κ2) is 4.55. The molecule has 0 aromatic carbocycles. The molecule has 1 fully saturated rings. The van der Waals surface area contributed by atoms with Crippen molar-refractivity contribution < 1.29 is 0 Å². The molecule has 1 aliphatic rings. The lowest BCUT2D eigenvalue weighted by atomic mass is 9.82. The fraction of sp³-hybridized carbons (Fsp3) is 0.800. The van der Waals surface area contributed by atoms with Gasteiger partial charge in [0.1, 0.15) is 0 Å². The highest BCUT2D eigenvalue weighted by atomic mass is 14.9. The van der Waals surface area contributed by atoms with E-state index in [1.807, 2.05) is 0 Å². The van der Waals surface area contributed by atoms with E-state index in [9.17, 15) is 0 Å². The van der Waals surface area contributed by atoms with Crippen molar-refractivity contribution in [3.8, 4) is 0 Å². The highest BCUT2D eigenvalue weighted by Crippen LogP contribution is 2.24. The fourth-order valence-electron chi connectivity index (χ4n) is 2.00. The Morgan fingerprint density at radius 2 is 2.36 bits per heavy atom. The van der Waals surface area contributed by atoms with Gasteiger partial charge in [-0.25, -0.2) is 0 Å². The van der Waals surface area contributed by atoms with Gasteiger partial charge in [0.2, 0.25) is 0 Å². The van der Waals surface area contributed by atoms with Crippen LogP contribution in [0, 0.1) is 11.8 Å². The SMILES string of the molecule is C=CCC1CNCCC1CC. The Hall–Kier alpha value is -0.300. The summed E-state index contributed by atoms with van der Waals surface area (Å²) in [5.74, 6) is 1.79. The molecule has 0 saturated carbocycles. The summed E-state index contributed by atoms with van der Waals surface area (Å²) >= 11 is 0. The largest absolute Gasteiger partial charge is 0.316 e. The summed E-state index contributed by atoms with van der Waals surface area (Å²) in [6, 6.07) is 0. The van der Waals surface area contributed by atoms with Gasteiger partial charge in [0, 0.05) is 0 Å². The molecule has 1 rings (SSSR count). The van der Waals surface area contributed by atoms with E-state index >= 15 is 0 Å². The molecule has 2 unspecified atom stereocenters. The first-order valence-electron chi connectivity index (χ1n) is 4.70. The van der Waals surface area contributed by atoms with E-state index in [0.29, 0.717) is 0 Å². The molecule has 1 N–H and O–H groups in total. The van der Waals surface area contributed by atoms with Gasteiger partial charge in [-0.15, -0.1) is 6.58 Å². The lowest BCUT2D eigenvalue weighted by molar-refractivity contribution is 0.249. The molecule has 64 valence electrons.